The minimum absolute atomic E-state index is 0.657. The van der Waals surface area contributed by atoms with Gasteiger partial charge in [-0.2, -0.15) is 0 Å². The first-order chi connectivity index (χ1) is 8.70. The third-order valence-electron chi connectivity index (χ3n) is 3.21. The molecule has 0 aromatic heterocycles. The smallest absolute Gasteiger partial charge is 0.138 e. The molecule has 2 nitrogen and oxygen atoms in total. The average molecular weight is 266 g/mol. The molecule has 0 bridgehead atoms. The highest BCUT2D eigenvalue weighted by atomic mass is 35.5. The van der Waals surface area contributed by atoms with Crippen molar-refractivity contribution >= 4 is 17.2 Å². The highest BCUT2D eigenvalue weighted by molar-refractivity contribution is 6.32. The normalized spacial score (nSPS) is 15.8. The number of methoxy groups -OCH3 is 1. The van der Waals surface area contributed by atoms with Crippen LogP contribution in [0.5, 0.6) is 5.75 Å². The van der Waals surface area contributed by atoms with E-state index in [1.165, 1.54) is 24.0 Å². The molecule has 0 amide bonds. The topological polar surface area (TPSA) is 21.3 Å². The van der Waals surface area contributed by atoms with Gasteiger partial charge in [-0.3, -0.25) is 0 Å². The predicted molar refractivity (Wildman–Crippen MR) is 77.3 cm³/mol. The van der Waals surface area contributed by atoms with Gasteiger partial charge < -0.3 is 10.1 Å². The molecular formula is C15H20ClNO. The molecule has 1 aromatic carbocycles. The Hall–Kier alpha value is -0.990. The molecule has 1 saturated carbocycles. The lowest BCUT2D eigenvalue weighted by molar-refractivity contribution is 0.415. The van der Waals surface area contributed by atoms with Gasteiger partial charge in [-0.05, 0) is 56.0 Å². The molecule has 1 N–H and O–H groups in total. The summed E-state index contributed by atoms with van der Waals surface area (Å²) in [7, 11) is 1.64. The molecule has 1 aromatic rings. The van der Waals surface area contributed by atoms with E-state index < -0.39 is 0 Å². The first-order valence-corrected chi connectivity index (χ1v) is 6.82. The molecule has 0 aliphatic heterocycles. The van der Waals surface area contributed by atoms with E-state index in [1.54, 1.807) is 7.11 Å². The lowest BCUT2D eigenvalue weighted by Gasteiger charge is -2.07. The van der Waals surface area contributed by atoms with Gasteiger partial charge in [0.25, 0.3) is 0 Å². The quantitative estimate of drug-likeness (QED) is 0.788. The minimum Gasteiger partial charge on any atom is -0.495 e. The summed E-state index contributed by atoms with van der Waals surface area (Å²) in [6.45, 7) is 3.19. The van der Waals surface area contributed by atoms with Crippen LogP contribution in [0.2, 0.25) is 5.02 Å². The minimum atomic E-state index is 0.657. The Balaban J connectivity index is 1.93. The lowest BCUT2D eigenvalue weighted by Crippen LogP contribution is -2.16. The molecule has 0 unspecified atom stereocenters. The van der Waals surface area contributed by atoms with Crippen molar-refractivity contribution in [3.8, 4) is 5.75 Å². The highest BCUT2D eigenvalue weighted by Gasteiger charge is 2.19. The summed E-state index contributed by atoms with van der Waals surface area (Å²) >= 11 is 6.02. The van der Waals surface area contributed by atoms with E-state index in [0.29, 0.717) is 5.02 Å². The SMILES string of the molecule is COc1cc(C(C)=CCCNC2CC2)ccc1Cl. The fourth-order valence-electron chi connectivity index (χ4n) is 1.89. The molecule has 0 saturated heterocycles. The van der Waals surface area contributed by atoms with Crippen LogP contribution < -0.4 is 10.1 Å². The third kappa shape index (κ3) is 3.76. The van der Waals surface area contributed by atoms with E-state index >= 15 is 0 Å². The van der Waals surface area contributed by atoms with Crippen molar-refractivity contribution in [3.63, 3.8) is 0 Å². The van der Waals surface area contributed by atoms with Crippen molar-refractivity contribution in [2.24, 2.45) is 0 Å². The summed E-state index contributed by atoms with van der Waals surface area (Å²) in [5.41, 5.74) is 2.44. The molecule has 3 heteroatoms. The first-order valence-electron chi connectivity index (χ1n) is 6.45. The summed E-state index contributed by atoms with van der Waals surface area (Å²) in [5, 5.41) is 4.16. The molecule has 0 spiro atoms. The zero-order chi connectivity index (χ0) is 13.0. The molecule has 1 fully saturated rings. The van der Waals surface area contributed by atoms with Crippen molar-refractivity contribution in [2.75, 3.05) is 13.7 Å². The fraction of sp³-hybridized carbons (Fsp3) is 0.467. The molecule has 0 heterocycles. The van der Waals surface area contributed by atoms with Crippen molar-refractivity contribution in [3.05, 3.63) is 34.9 Å². The average Bonchev–Trinajstić information content (AvgIpc) is 3.19. The molecule has 1 aliphatic rings. The summed E-state index contributed by atoms with van der Waals surface area (Å²) in [4.78, 5) is 0. The Morgan fingerprint density at radius 3 is 2.94 bits per heavy atom. The molecule has 98 valence electrons. The maximum Gasteiger partial charge on any atom is 0.138 e. The lowest BCUT2D eigenvalue weighted by atomic mass is 10.1. The van der Waals surface area contributed by atoms with Gasteiger partial charge in [-0.25, -0.2) is 0 Å². The number of nitrogens with one attached hydrogen (secondary N) is 1. The predicted octanol–water partition coefficient (Wildman–Crippen LogP) is 3.89. The zero-order valence-electron chi connectivity index (χ0n) is 11.0. The fourth-order valence-corrected chi connectivity index (χ4v) is 2.08. The van der Waals surface area contributed by atoms with Gasteiger partial charge in [-0.15, -0.1) is 0 Å². The Kier molecular flexibility index (Phi) is 4.67. The summed E-state index contributed by atoms with van der Waals surface area (Å²) in [6.07, 6.45) is 6.01. The number of ether oxygens (including phenoxy) is 1. The van der Waals surface area contributed by atoms with Crippen molar-refractivity contribution < 1.29 is 4.74 Å². The second-order valence-electron chi connectivity index (χ2n) is 4.75. The highest BCUT2D eigenvalue weighted by Crippen LogP contribution is 2.28. The number of halogens is 1. The van der Waals surface area contributed by atoms with E-state index in [1.807, 2.05) is 18.2 Å². The van der Waals surface area contributed by atoms with Crippen LogP contribution in [0.15, 0.2) is 24.3 Å². The monoisotopic (exact) mass is 265 g/mol. The Morgan fingerprint density at radius 2 is 2.28 bits per heavy atom. The largest absolute Gasteiger partial charge is 0.495 e. The van der Waals surface area contributed by atoms with Crippen molar-refractivity contribution in [1.29, 1.82) is 0 Å². The molecule has 1 aliphatic carbocycles. The number of rotatable bonds is 6. The van der Waals surface area contributed by atoms with Crippen LogP contribution in [0.4, 0.5) is 0 Å². The Labute approximate surface area is 114 Å². The number of benzene rings is 1. The maximum absolute atomic E-state index is 6.02. The van der Waals surface area contributed by atoms with E-state index in [0.717, 1.165) is 24.8 Å². The van der Waals surface area contributed by atoms with Gasteiger partial charge in [0.1, 0.15) is 5.75 Å². The first kappa shape index (κ1) is 13.4. The molecule has 2 rings (SSSR count). The van der Waals surface area contributed by atoms with E-state index in [2.05, 4.69) is 18.3 Å². The van der Waals surface area contributed by atoms with E-state index in [9.17, 15) is 0 Å². The van der Waals surface area contributed by atoms with Gasteiger partial charge >= 0.3 is 0 Å². The third-order valence-corrected chi connectivity index (χ3v) is 3.52. The number of allylic oxidation sites excluding steroid dienone is 1. The standard InChI is InChI=1S/C15H20ClNO/c1-11(4-3-9-17-13-6-7-13)12-5-8-14(16)15(10-12)18-2/h4-5,8,10,13,17H,3,6-7,9H2,1-2H3. The molecule has 0 atom stereocenters. The van der Waals surface area contributed by atoms with Gasteiger partial charge in [-0.1, -0.05) is 23.7 Å². The molecular weight excluding hydrogens is 246 g/mol. The van der Waals surface area contributed by atoms with Gasteiger partial charge in [0, 0.05) is 6.04 Å². The zero-order valence-corrected chi connectivity index (χ0v) is 11.8. The van der Waals surface area contributed by atoms with Gasteiger partial charge in [0.05, 0.1) is 12.1 Å². The van der Waals surface area contributed by atoms with Crippen molar-refractivity contribution in [1.82, 2.24) is 5.32 Å². The Morgan fingerprint density at radius 1 is 1.50 bits per heavy atom. The van der Waals surface area contributed by atoms with Crippen LogP contribution in [0.1, 0.15) is 31.7 Å². The number of hydrogen-bond donors (Lipinski definition) is 1. The van der Waals surface area contributed by atoms with Crippen LogP contribution in [0, 0.1) is 0 Å². The van der Waals surface area contributed by atoms with Crippen LogP contribution in [-0.4, -0.2) is 19.7 Å². The summed E-state index contributed by atoms with van der Waals surface area (Å²) in [5.74, 6) is 0.734. The van der Waals surface area contributed by atoms with Gasteiger partial charge in [0.2, 0.25) is 0 Å². The Bertz CT molecular complexity index is 438. The van der Waals surface area contributed by atoms with Crippen LogP contribution in [0.3, 0.4) is 0 Å². The number of hydrogen-bond acceptors (Lipinski definition) is 2. The summed E-state index contributed by atoms with van der Waals surface area (Å²) < 4.78 is 5.23. The second kappa shape index (κ2) is 6.26. The van der Waals surface area contributed by atoms with Crippen LogP contribution in [-0.2, 0) is 0 Å². The van der Waals surface area contributed by atoms with Crippen molar-refractivity contribution in [2.45, 2.75) is 32.2 Å². The van der Waals surface area contributed by atoms with E-state index in [-0.39, 0.29) is 0 Å². The van der Waals surface area contributed by atoms with Crippen LogP contribution in [0.25, 0.3) is 5.57 Å². The summed E-state index contributed by atoms with van der Waals surface area (Å²) in [6, 6.07) is 6.69. The van der Waals surface area contributed by atoms with E-state index in [4.69, 9.17) is 16.3 Å². The molecule has 0 radical (unpaired) electrons. The molecule has 18 heavy (non-hydrogen) atoms. The maximum atomic E-state index is 6.02. The van der Waals surface area contributed by atoms with Crippen LogP contribution >= 0.6 is 11.6 Å². The van der Waals surface area contributed by atoms with Gasteiger partial charge in [0.15, 0.2) is 0 Å². The second-order valence-corrected chi connectivity index (χ2v) is 5.16.